The van der Waals surface area contributed by atoms with Crippen molar-refractivity contribution in [1.82, 2.24) is 4.90 Å². The molecule has 1 atom stereocenters. The number of amides is 1. The van der Waals surface area contributed by atoms with E-state index in [-0.39, 0.29) is 17.7 Å². The summed E-state index contributed by atoms with van der Waals surface area (Å²) in [5, 5.41) is 8.81. The minimum absolute atomic E-state index is 0.0940. The zero-order valence-corrected chi connectivity index (χ0v) is 16.4. The summed E-state index contributed by atoms with van der Waals surface area (Å²) >= 11 is 0. The van der Waals surface area contributed by atoms with Gasteiger partial charge in [0.15, 0.2) is 0 Å². The number of para-hydroxylation sites is 1. The van der Waals surface area contributed by atoms with E-state index >= 15 is 0 Å². The number of carbonyl (C=O) groups is 2. The molecule has 0 saturated carbocycles. The standard InChI is InChI=1S/C20H21NO4S2/c22-18-10-11-19(27-26-13-12-20(23)24)21(18)14-15-6-8-17(9-7-15)25-16-4-2-1-3-5-16/h1-9,19H,10-14H2,(H,23,24). The van der Waals surface area contributed by atoms with Crippen LogP contribution in [0.1, 0.15) is 24.8 Å². The van der Waals surface area contributed by atoms with Crippen molar-refractivity contribution < 1.29 is 19.4 Å². The van der Waals surface area contributed by atoms with Crippen molar-refractivity contribution in [1.29, 1.82) is 0 Å². The number of hydrogen-bond acceptors (Lipinski definition) is 5. The van der Waals surface area contributed by atoms with Crippen molar-refractivity contribution in [2.45, 2.75) is 31.2 Å². The maximum atomic E-state index is 12.2. The van der Waals surface area contributed by atoms with E-state index in [0.717, 1.165) is 23.5 Å². The third-order valence-electron chi connectivity index (χ3n) is 4.11. The number of carbonyl (C=O) groups excluding carboxylic acids is 1. The summed E-state index contributed by atoms with van der Waals surface area (Å²) in [4.78, 5) is 24.7. The first kappa shape index (κ1) is 19.6. The fourth-order valence-electron chi connectivity index (χ4n) is 2.74. The van der Waals surface area contributed by atoms with Crippen LogP contribution in [0.15, 0.2) is 54.6 Å². The molecule has 0 aliphatic carbocycles. The highest BCUT2D eigenvalue weighted by molar-refractivity contribution is 8.76. The van der Waals surface area contributed by atoms with Gasteiger partial charge in [0, 0.05) is 18.7 Å². The van der Waals surface area contributed by atoms with Crippen LogP contribution in [-0.2, 0) is 16.1 Å². The Kier molecular flexibility index (Phi) is 7.06. The second-order valence-electron chi connectivity index (χ2n) is 6.14. The van der Waals surface area contributed by atoms with Crippen LogP contribution in [0.4, 0.5) is 0 Å². The van der Waals surface area contributed by atoms with Gasteiger partial charge in [0.2, 0.25) is 5.91 Å². The van der Waals surface area contributed by atoms with Crippen molar-refractivity contribution in [2.24, 2.45) is 0 Å². The van der Waals surface area contributed by atoms with Gasteiger partial charge in [-0.25, -0.2) is 0 Å². The number of benzene rings is 2. The molecule has 1 N–H and O–H groups in total. The quantitative estimate of drug-likeness (QED) is 0.480. The van der Waals surface area contributed by atoms with Gasteiger partial charge in [-0.15, -0.1) is 0 Å². The fraction of sp³-hybridized carbons (Fsp3) is 0.300. The lowest BCUT2D eigenvalue weighted by atomic mass is 10.2. The lowest BCUT2D eigenvalue weighted by Crippen LogP contribution is -2.29. The molecule has 0 aromatic heterocycles. The smallest absolute Gasteiger partial charge is 0.304 e. The van der Waals surface area contributed by atoms with E-state index in [4.69, 9.17) is 9.84 Å². The van der Waals surface area contributed by atoms with Gasteiger partial charge >= 0.3 is 5.97 Å². The molecule has 0 spiro atoms. The number of carboxylic acid groups (broad SMARTS) is 1. The molecule has 7 heteroatoms. The Bertz CT molecular complexity index is 767. The van der Waals surface area contributed by atoms with Crippen molar-refractivity contribution in [3.05, 3.63) is 60.2 Å². The summed E-state index contributed by atoms with van der Waals surface area (Å²) in [7, 11) is 3.12. The van der Waals surface area contributed by atoms with Crippen LogP contribution in [-0.4, -0.2) is 33.0 Å². The summed E-state index contributed by atoms with van der Waals surface area (Å²) < 4.78 is 5.79. The molecule has 1 heterocycles. The lowest BCUT2D eigenvalue weighted by molar-refractivity contribution is -0.136. The first-order chi connectivity index (χ1) is 13.1. The van der Waals surface area contributed by atoms with E-state index in [2.05, 4.69) is 0 Å². The van der Waals surface area contributed by atoms with Gasteiger partial charge in [-0.05, 0) is 36.2 Å². The van der Waals surface area contributed by atoms with Crippen LogP contribution in [0.3, 0.4) is 0 Å². The van der Waals surface area contributed by atoms with E-state index in [1.807, 2.05) is 59.5 Å². The summed E-state index contributed by atoms with van der Waals surface area (Å²) in [6.45, 7) is 0.557. The molecule has 2 aromatic rings. The average molecular weight is 404 g/mol. The van der Waals surface area contributed by atoms with Crippen LogP contribution >= 0.6 is 21.6 Å². The topological polar surface area (TPSA) is 66.8 Å². The van der Waals surface area contributed by atoms with Gasteiger partial charge in [0.1, 0.15) is 11.5 Å². The maximum absolute atomic E-state index is 12.2. The predicted octanol–water partition coefficient (Wildman–Crippen LogP) is 4.78. The van der Waals surface area contributed by atoms with E-state index in [0.29, 0.717) is 18.7 Å². The third-order valence-corrected chi connectivity index (χ3v) is 6.90. The monoisotopic (exact) mass is 403 g/mol. The van der Waals surface area contributed by atoms with E-state index in [1.165, 1.54) is 10.8 Å². The zero-order chi connectivity index (χ0) is 19.1. The number of hydrogen-bond donors (Lipinski definition) is 1. The molecule has 0 bridgehead atoms. The molecule has 3 rings (SSSR count). The number of rotatable bonds is 9. The molecule has 5 nitrogen and oxygen atoms in total. The second kappa shape index (κ2) is 9.71. The Hall–Kier alpha value is -2.12. The number of aliphatic carboxylic acids is 1. The van der Waals surface area contributed by atoms with E-state index in [9.17, 15) is 9.59 Å². The number of nitrogens with zero attached hydrogens (tertiary/aromatic N) is 1. The van der Waals surface area contributed by atoms with Crippen molar-refractivity contribution >= 4 is 33.5 Å². The molecule has 142 valence electrons. The van der Waals surface area contributed by atoms with Crippen molar-refractivity contribution in [3.8, 4) is 11.5 Å². The van der Waals surface area contributed by atoms with Gasteiger partial charge in [0.25, 0.3) is 0 Å². The van der Waals surface area contributed by atoms with Gasteiger partial charge in [-0.1, -0.05) is 51.9 Å². The highest BCUT2D eigenvalue weighted by Gasteiger charge is 2.31. The van der Waals surface area contributed by atoms with Crippen LogP contribution < -0.4 is 4.74 Å². The maximum Gasteiger partial charge on any atom is 0.304 e. The molecule has 1 fully saturated rings. The molecule has 2 aromatic carbocycles. The Balaban J connectivity index is 1.54. The van der Waals surface area contributed by atoms with Gasteiger partial charge in [-0.3, -0.25) is 9.59 Å². The molecule has 27 heavy (non-hydrogen) atoms. The molecule has 0 radical (unpaired) electrons. The Morgan fingerprint density at radius 3 is 2.52 bits per heavy atom. The van der Waals surface area contributed by atoms with Crippen LogP contribution in [0.2, 0.25) is 0 Å². The number of carboxylic acids is 1. The van der Waals surface area contributed by atoms with Gasteiger partial charge in [-0.2, -0.15) is 0 Å². The average Bonchev–Trinajstić information content (AvgIpc) is 3.01. The highest BCUT2D eigenvalue weighted by Crippen LogP contribution is 2.37. The molecule has 1 aliphatic rings. The number of ether oxygens (including phenoxy) is 1. The molecule has 1 amide bonds. The van der Waals surface area contributed by atoms with E-state index in [1.54, 1.807) is 10.8 Å². The van der Waals surface area contributed by atoms with Crippen LogP contribution in [0.25, 0.3) is 0 Å². The largest absolute Gasteiger partial charge is 0.481 e. The van der Waals surface area contributed by atoms with Crippen LogP contribution in [0, 0.1) is 0 Å². The summed E-state index contributed by atoms with van der Waals surface area (Å²) in [5.41, 5.74) is 1.05. The molecule has 1 aliphatic heterocycles. The molecule has 1 unspecified atom stereocenters. The minimum Gasteiger partial charge on any atom is -0.481 e. The summed E-state index contributed by atoms with van der Waals surface area (Å²) in [5.74, 6) is 1.45. The Labute approximate surface area is 166 Å². The second-order valence-corrected chi connectivity index (χ2v) is 8.80. The van der Waals surface area contributed by atoms with Gasteiger partial charge in [0.05, 0.1) is 11.8 Å². The number of likely N-dealkylation sites (tertiary alicyclic amines) is 1. The molecular weight excluding hydrogens is 382 g/mol. The first-order valence-corrected chi connectivity index (χ1v) is 11.1. The SMILES string of the molecule is O=C(O)CCSSC1CCC(=O)N1Cc1ccc(Oc2ccccc2)cc1. The van der Waals surface area contributed by atoms with E-state index < -0.39 is 5.97 Å². The van der Waals surface area contributed by atoms with Crippen molar-refractivity contribution in [3.63, 3.8) is 0 Å². The minimum atomic E-state index is -0.791. The highest BCUT2D eigenvalue weighted by atomic mass is 33.1. The normalized spacial score (nSPS) is 16.5. The molecular formula is C20H21NO4S2. The summed E-state index contributed by atoms with van der Waals surface area (Å²) in [6.07, 6.45) is 1.49. The zero-order valence-electron chi connectivity index (χ0n) is 14.7. The van der Waals surface area contributed by atoms with Crippen LogP contribution in [0.5, 0.6) is 11.5 Å². The fourth-order valence-corrected chi connectivity index (χ4v) is 5.37. The molecule has 1 saturated heterocycles. The predicted molar refractivity (Wildman–Crippen MR) is 109 cm³/mol. The Morgan fingerprint density at radius 2 is 1.81 bits per heavy atom. The first-order valence-electron chi connectivity index (χ1n) is 8.73. The lowest BCUT2D eigenvalue weighted by Gasteiger charge is -2.24. The van der Waals surface area contributed by atoms with Crippen molar-refractivity contribution in [2.75, 3.05) is 5.75 Å². The third kappa shape index (κ3) is 5.94. The van der Waals surface area contributed by atoms with Gasteiger partial charge < -0.3 is 14.7 Å². The Morgan fingerprint density at radius 1 is 1.11 bits per heavy atom. The summed E-state index contributed by atoms with van der Waals surface area (Å²) in [6, 6.07) is 17.4.